The summed E-state index contributed by atoms with van der Waals surface area (Å²) in [6, 6.07) is 5.16. The van der Waals surface area contributed by atoms with Gasteiger partial charge in [-0.3, -0.25) is 14.8 Å². The number of aromatic nitrogens is 2. The van der Waals surface area contributed by atoms with Crippen LogP contribution in [-0.2, 0) is 0 Å². The van der Waals surface area contributed by atoms with Crippen molar-refractivity contribution in [2.75, 3.05) is 0 Å². The van der Waals surface area contributed by atoms with E-state index in [4.69, 9.17) is 0 Å². The lowest BCUT2D eigenvalue weighted by Gasteiger charge is -2.05. The van der Waals surface area contributed by atoms with E-state index in [1.807, 2.05) is 19.9 Å². The fourth-order valence-electron chi connectivity index (χ4n) is 1.67. The van der Waals surface area contributed by atoms with E-state index < -0.39 is 0 Å². The molecule has 5 nitrogen and oxygen atoms in total. The van der Waals surface area contributed by atoms with E-state index >= 15 is 0 Å². The van der Waals surface area contributed by atoms with E-state index in [-0.39, 0.29) is 16.7 Å². The smallest absolute Gasteiger partial charge is 0.261 e. The van der Waals surface area contributed by atoms with E-state index in [2.05, 4.69) is 21.0 Å². The number of hydrogen-bond acceptors (Lipinski definition) is 3. The van der Waals surface area contributed by atoms with Gasteiger partial charge < -0.3 is 0 Å². The van der Waals surface area contributed by atoms with Crippen molar-refractivity contribution >= 4 is 32.5 Å². The van der Waals surface area contributed by atoms with Gasteiger partial charge in [-0.15, -0.1) is 0 Å². The molecule has 0 fully saturated rings. The molecule has 0 aliphatic heterocycles. The van der Waals surface area contributed by atoms with Gasteiger partial charge in [-0.05, 0) is 35.8 Å². The molecule has 0 saturated carbocycles. The third-order valence-corrected chi connectivity index (χ3v) is 2.91. The van der Waals surface area contributed by atoms with Gasteiger partial charge in [0.05, 0.1) is 10.4 Å². The first-order valence-corrected chi connectivity index (χ1v) is 5.62. The van der Waals surface area contributed by atoms with Crippen molar-refractivity contribution in [2.45, 2.75) is 19.9 Å². The summed E-state index contributed by atoms with van der Waals surface area (Å²) in [5.74, 6) is 0. The lowest BCUT2D eigenvalue weighted by atomic mass is 10.2. The zero-order valence-corrected chi connectivity index (χ0v) is 10.4. The molecule has 0 spiro atoms. The van der Waals surface area contributed by atoms with E-state index in [0.717, 1.165) is 5.52 Å². The SMILES string of the molecule is CC(C)n1nc(Br)c2c([N+](=O)[O-])cccc21. The van der Waals surface area contributed by atoms with Gasteiger partial charge in [0.15, 0.2) is 0 Å². The number of non-ortho nitro benzene ring substituents is 1. The van der Waals surface area contributed by atoms with Crippen molar-refractivity contribution in [1.29, 1.82) is 0 Å². The molecule has 0 saturated heterocycles. The van der Waals surface area contributed by atoms with Crippen molar-refractivity contribution in [3.63, 3.8) is 0 Å². The number of benzene rings is 1. The minimum atomic E-state index is -0.389. The molecule has 0 radical (unpaired) electrons. The molecule has 6 heteroatoms. The summed E-state index contributed by atoms with van der Waals surface area (Å²) in [6.45, 7) is 3.97. The Bertz CT molecular complexity index is 562. The van der Waals surface area contributed by atoms with Crippen LogP contribution < -0.4 is 0 Å². The zero-order valence-electron chi connectivity index (χ0n) is 8.85. The quantitative estimate of drug-likeness (QED) is 0.628. The third-order valence-electron chi connectivity index (χ3n) is 2.35. The predicted octanol–water partition coefficient (Wildman–Crippen LogP) is 3.29. The van der Waals surface area contributed by atoms with Gasteiger partial charge in [0, 0.05) is 12.1 Å². The number of hydrogen-bond donors (Lipinski definition) is 0. The van der Waals surface area contributed by atoms with Gasteiger partial charge in [-0.2, -0.15) is 5.10 Å². The molecule has 0 aliphatic rings. The molecular formula is C10H10BrN3O2. The Labute approximate surface area is 100 Å². The summed E-state index contributed by atoms with van der Waals surface area (Å²) in [7, 11) is 0. The number of nitro benzene ring substituents is 1. The Morgan fingerprint density at radius 1 is 1.50 bits per heavy atom. The Kier molecular flexibility index (Phi) is 2.67. The van der Waals surface area contributed by atoms with E-state index in [0.29, 0.717) is 9.99 Å². The lowest BCUT2D eigenvalue weighted by molar-refractivity contribution is -0.383. The van der Waals surface area contributed by atoms with Crippen LogP contribution in [0.15, 0.2) is 22.8 Å². The van der Waals surface area contributed by atoms with Crippen LogP contribution in [0.2, 0.25) is 0 Å². The van der Waals surface area contributed by atoms with Crippen molar-refractivity contribution in [3.05, 3.63) is 32.9 Å². The number of nitrogens with zero attached hydrogens (tertiary/aromatic N) is 3. The number of halogens is 1. The monoisotopic (exact) mass is 283 g/mol. The van der Waals surface area contributed by atoms with Gasteiger partial charge >= 0.3 is 0 Å². The lowest BCUT2D eigenvalue weighted by Crippen LogP contribution is -2.02. The summed E-state index contributed by atoms with van der Waals surface area (Å²) in [5, 5.41) is 15.7. The minimum Gasteiger partial charge on any atom is -0.261 e. The maximum absolute atomic E-state index is 10.9. The van der Waals surface area contributed by atoms with E-state index in [1.54, 1.807) is 10.7 Å². The molecule has 16 heavy (non-hydrogen) atoms. The first kappa shape index (κ1) is 11.1. The fourth-order valence-corrected chi connectivity index (χ4v) is 2.25. The molecule has 0 aliphatic carbocycles. The molecule has 0 amide bonds. The molecule has 1 aromatic carbocycles. The topological polar surface area (TPSA) is 61.0 Å². The second-order valence-corrected chi connectivity index (χ2v) is 4.51. The number of rotatable bonds is 2. The van der Waals surface area contributed by atoms with Crippen LogP contribution in [0.5, 0.6) is 0 Å². The zero-order chi connectivity index (χ0) is 11.9. The van der Waals surface area contributed by atoms with Crippen LogP contribution in [0.3, 0.4) is 0 Å². The van der Waals surface area contributed by atoms with Gasteiger partial charge in [0.2, 0.25) is 0 Å². The molecule has 0 bridgehead atoms. The summed E-state index contributed by atoms with van der Waals surface area (Å²) in [6.07, 6.45) is 0. The van der Waals surface area contributed by atoms with Gasteiger partial charge in [0.1, 0.15) is 9.99 Å². The average molecular weight is 284 g/mol. The highest BCUT2D eigenvalue weighted by molar-refractivity contribution is 9.10. The first-order chi connectivity index (χ1) is 7.52. The van der Waals surface area contributed by atoms with Gasteiger partial charge in [-0.25, -0.2) is 0 Å². The van der Waals surface area contributed by atoms with Crippen molar-refractivity contribution in [3.8, 4) is 0 Å². The molecule has 2 rings (SSSR count). The van der Waals surface area contributed by atoms with Crippen LogP contribution in [0.4, 0.5) is 5.69 Å². The summed E-state index contributed by atoms with van der Waals surface area (Å²) < 4.78 is 2.29. The van der Waals surface area contributed by atoms with Crippen LogP contribution in [0.1, 0.15) is 19.9 Å². The maximum Gasteiger partial charge on any atom is 0.281 e. The van der Waals surface area contributed by atoms with Crippen LogP contribution >= 0.6 is 15.9 Å². The van der Waals surface area contributed by atoms with Crippen molar-refractivity contribution in [2.24, 2.45) is 0 Å². The molecular weight excluding hydrogens is 274 g/mol. The number of fused-ring (bicyclic) bond motifs is 1. The van der Waals surface area contributed by atoms with Gasteiger partial charge in [-0.1, -0.05) is 6.07 Å². The highest BCUT2D eigenvalue weighted by atomic mass is 79.9. The summed E-state index contributed by atoms with van der Waals surface area (Å²) in [4.78, 5) is 10.5. The van der Waals surface area contributed by atoms with Crippen LogP contribution in [0.25, 0.3) is 10.9 Å². The van der Waals surface area contributed by atoms with Gasteiger partial charge in [0.25, 0.3) is 5.69 Å². The Hall–Kier alpha value is -1.43. The number of nitro groups is 1. The molecule has 84 valence electrons. The largest absolute Gasteiger partial charge is 0.281 e. The molecule has 2 aromatic rings. The summed E-state index contributed by atoms with van der Waals surface area (Å²) >= 11 is 3.27. The fraction of sp³-hybridized carbons (Fsp3) is 0.300. The Morgan fingerprint density at radius 2 is 2.19 bits per heavy atom. The highest BCUT2D eigenvalue weighted by Gasteiger charge is 2.20. The second kappa shape index (κ2) is 3.86. The van der Waals surface area contributed by atoms with Crippen molar-refractivity contribution < 1.29 is 4.92 Å². The third kappa shape index (κ3) is 1.59. The summed E-state index contributed by atoms with van der Waals surface area (Å²) in [5.41, 5.74) is 0.854. The molecule has 0 unspecified atom stereocenters. The minimum absolute atomic E-state index is 0.0799. The van der Waals surface area contributed by atoms with Crippen LogP contribution in [0, 0.1) is 10.1 Å². The highest BCUT2D eigenvalue weighted by Crippen LogP contribution is 2.32. The molecule has 0 atom stereocenters. The predicted molar refractivity (Wildman–Crippen MR) is 64.5 cm³/mol. The molecule has 0 N–H and O–H groups in total. The van der Waals surface area contributed by atoms with E-state index in [1.165, 1.54) is 6.07 Å². The molecule has 1 heterocycles. The van der Waals surface area contributed by atoms with Crippen molar-refractivity contribution in [1.82, 2.24) is 9.78 Å². The molecule has 1 aromatic heterocycles. The van der Waals surface area contributed by atoms with Crippen LogP contribution in [-0.4, -0.2) is 14.7 Å². The second-order valence-electron chi connectivity index (χ2n) is 3.76. The first-order valence-electron chi connectivity index (χ1n) is 4.83. The standard InChI is InChI=1S/C10H10BrN3O2/c1-6(2)13-7-4-3-5-8(14(15)16)9(7)10(11)12-13/h3-6H,1-2H3. The Morgan fingerprint density at radius 3 is 2.75 bits per heavy atom. The normalized spacial score (nSPS) is 11.2. The maximum atomic E-state index is 10.9. The average Bonchev–Trinajstić information content (AvgIpc) is 2.56. The van der Waals surface area contributed by atoms with E-state index in [9.17, 15) is 10.1 Å². The Balaban J connectivity index is 2.84.